The Morgan fingerprint density at radius 3 is 2.72 bits per heavy atom. The summed E-state index contributed by atoms with van der Waals surface area (Å²) in [5.74, 6) is -0.116. The number of thiophene rings is 1. The van der Waals surface area contributed by atoms with Crippen LogP contribution >= 0.6 is 11.3 Å². The van der Waals surface area contributed by atoms with Gasteiger partial charge in [-0.15, -0.1) is 11.3 Å². The van der Waals surface area contributed by atoms with Crippen molar-refractivity contribution in [3.63, 3.8) is 0 Å². The number of para-hydroxylation sites is 1. The first-order chi connectivity index (χ1) is 15.6. The molecular weight excluding hydrogens is 422 g/mol. The first-order valence-electron chi connectivity index (χ1n) is 10.0. The third kappa shape index (κ3) is 3.72. The van der Waals surface area contributed by atoms with Crippen LogP contribution in [0, 0.1) is 0 Å². The predicted molar refractivity (Wildman–Crippen MR) is 124 cm³/mol. The van der Waals surface area contributed by atoms with E-state index in [4.69, 9.17) is 5.73 Å². The van der Waals surface area contributed by atoms with Gasteiger partial charge in [0.25, 0.3) is 5.91 Å². The Kier molecular flexibility index (Phi) is 5.12. The van der Waals surface area contributed by atoms with E-state index >= 15 is 0 Å². The van der Waals surface area contributed by atoms with E-state index in [1.165, 1.54) is 16.3 Å². The van der Waals surface area contributed by atoms with Crippen molar-refractivity contribution in [1.82, 2.24) is 15.0 Å². The number of benzene rings is 1. The molecule has 4 heterocycles. The second-order valence-corrected chi connectivity index (χ2v) is 8.44. The molecule has 1 atom stereocenters. The Hall–Kier alpha value is -4.04. The first-order valence-corrected chi connectivity index (χ1v) is 10.8. The number of carbonyl (C=O) groups is 1. The van der Waals surface area contributed by atoms with E-state index in [2.05, 4.69) is 15.1 Å². The molecule has 0 radical (unpaired) electrons. The number of nitrogen functional groups attached to an aromatic ring is 1. The van der Waals surface area contributed by atoms with Gasteiger partial charge in [-0.2, -0.15) is 5.10 Å². The number of nitrogens with two attached hydrogens (primary N) is 1. The van der Waals surface area contributed by atoms with Crippen molar-refractivity contribution in [3.05, 3.63) is 95.3 Å². The van der Waals surface area contributed by atoms with Gasteiger partial charge in [0, 0.05) is 36.1 Å². The number of anilines is 1. The van der Waals surface area contributed by atoms with E-state index in [9.17, 15) is 9.90 Å². The van der Waals surface area contributed by atoms with Crippen LogP contribution in [0.2, 0.25) is 0 Å². The summed E-state index contributed by atoms with van der Waals surface area (Å²) in [6.45, 7) is 0. The van der Waals surface area contributed by atoms with Crippen molar-refractivity contribution < 1.29 is 9.90 Å². The van der Waals surface area contributed by atoms with Crippen LogP contribution < -0.4 is 5.73 Å². The molecule has 1 aromatic carbocycles. The number of hydrogen-bond acceptors (Lipinski definition) is 7. The summed E-state index contributed by atoms with van der Waals surface area (Å²) < 4.78 is 0. The van der Waals surface area contributed by atoms with Crippen molar-refractivity contribution in [3.8, 4) is 16.3 Å². The zero-order valence-electron chi connectivity index (χ0n) is 16.9. The second-order valence-electron chi connectivity index (χ2n) is 7.36. The van der Waals surface area contributed by atoms with Crippen LogP contribution in [0.1, 0.15) is 33.3 Å². The zero-order valence-corrected chi connectivity index (χ0v) is 17.7. The number of carbonyl (C=O) groups excluding carboxylic acids is 1. The van der Waals surface area contributed by atoms with Gasteiger partial charge in [-0.1, -0.05) is 24.3 Å². The number of rotatable bonds is 4. The number of phenols is 1. The second kappa shape index (κ2) is 8.24. The maximum Gasteiger partial charge on any atom is 0.284 e. The topological polar surface area (TPSA) is 105 Å². The lowest BCUT2D eigenvalue weighted by Crippen LogP contribution is -2.26. The Balaban J connectivity index is 1.53. The van der Waals surface area contributed by atoms with E-state index in [1.54, 1.807) is 42.9 Å². The lowest BCUT2D eigenvalue weighted by Gasteiger charge is -2.22. The Labute approximate surface area is 188 Å². The molecule has 1 amide bonds. The van der Waals surface area contributed by atoms with Gasteiger partial charge in [-0.05, 0) is 36.4 Å². The van der Waals surface area contributed by atoms with Crippen LogP contribution in [0.4, 0.5) is 5.69 Å². The van der Waals surface area contributed by atoms with E-state index in [1.807, 2.05) is 36.4 Å². The Morgan fingerprint density at radius 1 is 1.09 bits per heavy atom. The van der Waals surface area contributed by atoms with Gasteiger partial charge < -0.3 is 10.8 Å². The monoisotopic (exact) mass is 441 g/mol. The molecule has 3 N–H and O–H groups in total. The molecule has 1 aliphatic heterocycles. The van der Waals surface area contributed by atoms with Crippen LogP contribution in [-0.2, 0) is 0 Å². The Bertz CT molecular complexity index is 1320. The molecule has 8 heteroatoms. The van der Waals surface area contributed by atoms with E-state index in [0.29, 0.717) is 28.3 Å². The average molecular weight is 442 g/mol. The maximum atomic E-state index is 13.5. The number of aromatic hydroxyl groups is 1. The molecule has 0 aliphatic carbocycles. The van der Waals surface area contributed by atoms with E-state index in [-0.39, 0.29) is 11.7 Å². The van der Waals surface area contributed by atoms with Gasteiger partial charge in [0.2, 0.25) is 0 Å². The maximum absolute atomic E-state index is 13.5. The van der Waals surface area contributed by atoms with Crippen LogP contribution in [0.5, 0.6) is 5.75 Å². The summed E-state index contributed by atoms with van der Waals surface area (Å²) in [5, 5.41) is 16.6. The lowest BCUT2D eigenvalue weighted by molar-refractivity contribution is 0.0714. The summed E-state index contributed by atoms with van der Waals surface area (Å²) in [6, 6.07) is 17.7. The minimum absolute atomic E-state index is 0.123. The van der Waals surface area contributed by atoms with Gasteiger partial charge in [-0.25, -0.2) is 5.01 Å². The van der Waals surface area contributed by atoms with Crippen LogP contribution in [0.25, 0.3) is 10.6 Å². The third-order valence-electron chi connectivity index (χ3n) is 5.24. The molecule has 0 spiro atoms. The van der Waals surface area contributed by atoms with E-state index < -0.39 is 6.04 Å². The van der Waals surface area contributed by atoms with Crippen molar-refractivity contribution >= 4 is 28.6 Å². The van der Waals surface area contributed by atoms with Gasteiger partial charge in [0.05, 0.1) is 32.9 Å². The molecule has 0 bridgehead atoms. The molecule has 5 rings (SSSR count). The molecule has 1 aliphatic rings. The summed E-state index contributed by atoms with van der Waals surface area (Å²) in [7, 11) is 0. The highest BCUT2D eigenvalue weighted by Gasteiger charge is 2.35. The van der Waals surface area contributed by atoms with Gasteiger partial charge in [0.1, 0.15) is 5.75 Å². The number of aromatic nitrogens is 2. The number of hydrogen-bond donors (Lipinski definition) is 2. The summed E-state index contributed by atoms with van der Waals surface area (Å²) >= 11 is 1.36. The van der Waals surface area contributed by atoms with Crippen LogP contribution in [0.3, 0.4) is 0 Å². The summed E-state index contributed by atoms with van der Waals surface area (Å²) in [6.07, 6.45) is 5.40. The number of nitrogens with zero attached hydrogens (tertiary/aromatic N) is 4. The first kappa shape index (κ1) is 19.9. The van der Waals surface area contributed by atoms with Gasteiger partial charge in [0.15, 0.2) is 0 Å². The predicted octanol–water partition coefficient (Wildman–Crippen LogP) is 4.48. The molecule has 7 nitrogen and oxygen atoms in total. The number of phenolic OH excluding ortho intramolecular Hbond substituents is 1. The molecule has 0 saturated heterocycles. The molecule has 1 unspecified atom stereocenters. The quantitative estimate of drug-likeness (QED) is 0.486. The molecule has 32 heavy (non-hydrogen) atoms. The molecular formula is C24H19N5O2S. The normalized spacial score (nSPS) is 15.6. The minimum Gasteiger partial charge on any atom is -0.508 e. The molecule has 0 saturated carbocycles. The average Bonchev–Trinajstić information content (AvgIpc) is 3.48. The fraction of sp³-hybridized carbons (Fsp3) is 0.0833. The minimum atomic E-state index is -0.444. The van der Waals surface area contributed by atoms with Crippen molar-refractivity contribution in [2.45, 2.75) is 12.5 Å². The zero-order chi connectivity index (χ0) is 22.1. The van der Waals surface area contributed by atoms with E-state index in [0.717, 1.165) is 16.1 Å². The molecule has 158 valence electrons. The summed E-state index contributed by atoms with van der Waals surface area (Å²) in [5.41, 5.74) is 9.30. The third-order valence-corrected chi connectivity index (χ3v) is 6.34. The van der Waals surface area contributed by atoms with Crippen LogP contribution in [-0.4, -0.2) is 31.7 Å². The van der Waals surface area contributed by atoms with Crippen molar-refractivity contribution in [1.29, 1.82) is 0 Å². The van der Waals surface area contributed by atoms with Crippen molar-refractivity contribution in [2.24, 2.45) is 5.10 Å². The summed E-state index contributed by atoms with van der Waals surface area (Å²) in [4.78, 5) is 23.5. The SMILES string of the molecule is Nc1cncc(C2=NN(C(=O)c3ccc(-c4ccccn4)s3)C(c3ccccc3O)C2)c1. The molecule has 3 aromatic heterocycles. The smallest absolute Gasteiger partial charge is 0.284 e. The highest BCUT2D eigenvalue weighted by Crippen LogP contribution is 2.39. The number of hydrazone groups is 1. The number of amides is 1. The van der Waals surface area contributed by atoms with Gasteiger partial charge >= 0.3 is 0 Å². The standard InChI is InChI=1S/C24H19N5O2S/c25-16-11-15(13-26-14-16)19-12-20(17-5-1-2-7-21(17)30)29(28-19)24(31)23-9-8-22(32-23)18-6-3-4-10-27-18/h1-11,13-14,20,30H,12,25H2. The Morgan fingerprint density at radius 2 is 1.94 bits per heavy atom. The molecule has 0 fully saturated rings. The fourth-order valence-corrected chi connectivity index (χ4v) is 4.63. The highest BCUT2D eigenvalue weighted by atomic mass is 32.1. The molecule has 4 aromatic rings. The highest BCUT2D eigenvalue weighted by molar-refractivity contribution is 7.17. The van der Waals surface area contributed by atoms with Gasteiger partial charge in [-0.3, -0.25) is 14.8 Å². The number of pyridine rings is 2. The van der Waals surface area contributed by atoms with Crippen molar-refractivity contribution in [2.75, 3.05) is 5.73 Å². The largest absolute Gasteiger partial charge is 0.508 e. The lowest BCUT2D eigenvalue weighted by atomic mass is 9.98. The fourth-order valence-electron chi connectivity index (χ4n) is 3.71. The van der Waals surface area contributed by atoms with Crippen LogP contribution in [0.15, 0.2) is 84.4 Å².